The van der Waals surface area contributed by atoms with Crippen molar-refractivity contribution in [2.75, 3.05) is 19.5 Å². The minimum absolute atomic E-state index is 0.0564. The lowest BCUT2D eigenvalue weighted by Crippen LogP contribution is -2.22. The molecule has 0 heterocycles. The molecule has 1 aliphatic rings. The van der Waals surface area contributed by atoms with Crippen molar-refractivity contribution in [3.63, 3.8) is 0 Å². The number of methoxy groups -OCH3 is 2. The van der Waals surface area contributed by atoms with Crippen LogP contribution in [-0.2, 0) is 22.3 Å². The Kier molecular flexibility index (Phi) is 7.27. The van der Waals surface area contributed by atoms with Gasteiger partial charge in [-0.15, -0.1) is 0 Å². The quantitative estimate of drug-likeness (QED) is 0.585. The van der Waals surface area contributed by atoms with Gasteiger partial charge in [0.25, 0.3) is 0 Å². The molecule has 1 fully saturated rings. The van der Waals surface area contributed by atoms with E-state index in [0.29, 0.717) is 11.3 Å². The summed E-state index contributed by atoms with van der Waals surface area (Å²) >= 11 is 0. The Morgan fingerprint density at radius 1 is 1.00 bits per heavy atom. The molecule has 1 N–H and O–H groups in total. The first-order valence-electron chi connectivity index (χ1n) is 10.1. The van der Waals surface area contributed by atoms with Crippen molar-refractivity contribution in [2.45, 2.75) is 38.5 Å². The van der Waals surface area contributed by atoms with Crippen molar-refractivity contribution >= 4 is 17.6 Å². The van der Waals surface area contributed by atoms with Gasteiger partial charge in [-0.1, -0.05) is 25.0 Å². The van der Waals surface area contributed by atoms with E-state index in [9.17, 15) is 22.8 Å². The maximum Gasteiger partial charge on any atom is 0.416 e. The lowest BCUT2D eigenvalue weighted by Gasteiger charge is -2.17. The summed E-state index contributed by atoms with van der Waals surface area (Å²) in [5.41, 5.74) is -0.120. The number of benzene rings is 2. The molecule has 9 heteroatoms. The van der Waals surface area contributed by atoms with Gasteiger partial charge in [0.2, 0.25) is 5.91 Å². The first kappa shape index (κ1) is 23.4. The van der Waals surface area contributed by atoms with Crippen molar-refractivity contribution in [3.8, 4) is 11.5 Å². The molecule has 0 aromatic heterocycles. The number of rotatable bonds is 7. The summed E-state index contributed by atoms with van der Waals surface area (Å²) < 4.78 is 53.9. The second-order valence-corrected chi connectivity index (χ2v) is 7.49. The van der Waals surface area contributed by atoms with E-state index in [2.05, 4.69) is 5.32 Å². The van der Waals surface area contributed by atoms with Gasteiger partial charge < -0.3 is 19.5 Å². The van der Waals surface area contributed by atoms with Crippen LogP contribution in [0.25, 0.3) is 0 Å². The summed E-state index contributed by atoms with van der Waals surface area (Å²) in [7, 11) is 2.84. The van der Waals surface area contributed by atoms with Gasteiger partial charge in [0.15, 0.2) is 11.5 Å². The van der Waals surface area contributed by atoms with Crippen LogP contribution in [-0.4, -0.2) is 26.1 Å². The lowest BCUT2D eigenvalue weighted by molar-refractivity contribution is -0.137. The minimum atomic E-state index is -4.44. The number of anilines is 1. The molecule has 1 aliphatic carbocycles. The molecule has 0 aliphatic heterocycles. The minimum Gasteiger partial charge on any atom is -0.493 e. The lowest BCUT2D eigenvalue weighted by atomic mass is 10.1. The van der Waals surface area contributed by atoms with Gasteiger partial charge in [0.1, 0.15) is 6.61 Å². The number of nitrogens with one attached hydrogen (secondary N) is 1. The summed E-state index contributed by atoms with van der Waals surface area (Å²) in [6, 6.07) is 7.22. The van der Waals surface area contributed by atoms with E-state index in [1.165, 1.54) is 38.5 Å². The van der Waals surface area contributed by atoms with Gasteiger partial charge in [0.05, 0.1) is 31.0 Å². The number of hydrogen-bond donors (Lipinski definition) is 1. The smallest absolute Gasteiger partial charge is 0.416 e. The van der Waals surface area contributed by atoms with E-state index >= 15 is 0 Å². The van der Waals surface area contributed by atoms with Crippen molar-refractivity contribution in [1.29, 1.82) is 0 Å². The van der Waals surface area contributed by atoms with Gasteiger partial charge >= 0.3 is 12.1 Å². The zero-order valence-corrected chi connectivity index (χ0v) is 17.8. The van der Waals surface area contributed by atoms with E-state index in [0.717, 1.165) is 37.8 Å². The molecule has 0 atom stereocenters. The predicted molar refractivity (Wildman–Crippen MR) is 111 cm³/mol. The maximum atomic E-state index is 12.8. The Bertz CT molecular complexity index is 967. The monoisotopic (exact) mass is 451 g/mol. The highest BCUT2D eigenvalue weighted by molar-refractivity contribution is 6.02. The summed E-state index contributed by atoms with van der Waals surface area (Å²) in [4.78, 5) is 25.4. The number of halogens is 3. The van der Waals surface area contributed by atoms with Gasteiger partial charge in [-0.3, -0.25) is 4.79 Å². The van der Waals surface area contributed by atoms with Crippen molar-refractivity contribution < 1.29 is 37.0 Å². The first-order valence-corrected chi connectivity index (χ1v) is 10.1. The first-order chi connectivity index (χ1) is 15.2. The van der Waals surface area contributed by atoms with Crippen LogP contribution < -0.4 is 14.8 Å². The molecule has 3 rings (SSSR count). The topological polar surface area (TPSA) is 73.9 Å². The molecule has 0 bridgehead atoms. The zero-order valence-electron chi connectivity index (χ0n) is 17.8. The van der Waals surface area contributed by atoms with E-state index in [1.54, 1.807) is 0 Å². The van der Waals surface area contributed by atoms with Crippen LogP contribution in [0.1, 0.15) is 47.2 Å². The Hall–Kier alpha value is -3.23. The van der Waals surface area contributed by atoms with E-state index in [1.807, 2.05) is 0 Å². The maximum absolute atomic E-state index is 12.8. The molecule has 0 unspecified atom stereocenters. The molecule has 1 saturated carbocycles. The van der Waals surface area contributed by atoms with Gasteiger partial charge in [-0.2, -0.15) is 13.2 Å². The summed E-state index contributed by atoms with van der Waals surface area (Å²) in [6.45, 7) is -0.235. The third-order valence-corrected chi connectivity index (χ3v) is 5.38. The van der Waals surface area contributed by atoms with Gasteiger partial charge in [0, 0.05) is 18.1 Å². The van der Waals surface area contributed by atoms with Crippen molar-refractivity contribution in [2.24, 2.45) is 5.92 Å². The Balaban J connectivity index is 1.79. The second kappa shape index (κ2) is 9.93. The van der Waals surface area contributed by atoms with Gasteiger partial charge in [-0.05, 0) is 30.5 Å². The van der Waals surface area contributed by atoms with Crippen LogP contribution in [0.4, 0.5) is 18.9 Å². The van der Waals surface area contributed by atoms with Crippen LogP contribution in [0.15, 0.2) is 36.4 Å². The number of amides is 1. The molecule has 32 heavy (non-hydrogen) atoms. The third-order valence-electron chi connectivity index (χ3n) is 5.38. The van der Waals surface area contributed by atoms with Crippen LogP contribution in [0, 0.1) is 5.92 Å². The molecule has 172 valence electrons. The second-order valence-electron chi connectivity index (χ2n) is 7.49. The molecular weight excluding hydrogens is 427 g/mol. The number of ether oxygens (including phenoxy) is 3. The number of alkyl halides is 3. The van der Waals surface area contributed by atoms with E-state index in [-0.39, 0.29) is 35.4 Å². The van der Waals surface area contributed by atoms with Crippen molar-refractivity contribution in [3.05, 3.63) is 53.1 Å². The summed E-state index contributed by atoms with van der Waals surface area (Å²) in [6.07, 6.45) is -0.918. The van der Waals surface area contributed by atoms with E-state index in [4.69, 9.17) is 14.2 Å². The normalized spacial score (nSPS) is 14.2. The number of hydrogen-bond acceptors (Lipinski definition) is 5. The number of carbonyl (C=O) groups is 2. The highest BCUT2D eigenvalue weighted by atomic mass is 19.4. The average Bonchev–Trinajstić information content (AvgIpc) is 3.32. The Morgan fingerprint density at radius 3 is 2.16 bits per heavy atom. The fourth-order valence-corrected chi connectivity index (χ4v) is 3.59. The zero-order chi connectivity index (χ0) is 23.3. The Morgan fingerprint density at radius 2 is 1.59 bits per heavy atom. The van der Waals surface area contributed by atoms with Crippen LogP contribution in [0.3, 0.4) is 0 Å². The molecule has 2 aromatic carbocycles. The average molecular weight is 451 g/mol. The molecule has 6 nitrogen and oxygen atoms in total. The predicted octanol–water partition coefficient (Wildman–Crippen LogP) is 5.21. The fourth-order valence-electron chi connectivity index (χ4n) is 3.59. The molecule has 2 aromatic rings. The van der Waals surface area contributed by atoms with Gasteiger partial charge in [-0.25, -0.2) is 4.79 Å². The summed E-state index contributed by atoms with van der Waals surface area (Å²) in [5.74, 6) is -0.473. The number of carbonyl (C=O) groups excluding carboxylic acids is 2. The molecular formula is C23H24F3NO5. The largest absolute Gasteiger partial charge is 0.493 e. The summed E-state index contributed by atoms with van der Waals surface area (Å²) in [5, 5.41) is 2.78. The highest BCUT2D eigenvalue weighted by Gasteiger charge is 2.30. The highest BCUT2D eigenvalue weighted by Crippen LogP contribution is 2.35. The molecule has 0 saturated heterocycles. The Labute approximate surface area is 183 Å². The third kappa shape index (κ3) is 5.52. The molecule has 0 radical (unpaired) electrons. The molecule has 0 spiro atoms. The SMILES string of the molecule is COc1cc(NC(=O)C2CCCC2)c(C(=O)OCc2ccc(C(F)(F)F)cc2)cc1OC. The molecule has 1 amide bonds. The van der Waals surface area contributed by atoms with Crippen LogP contribution in [0.2, 0.25) is 0 Å². The van der Waals surface area contributed by atoms with E-state index < -0.39 is 17.7 Å². The van der Waals surface area contributed by atoms with Crippen LogP contribution >= 0.6 is 0 Å². The van der Waals surface area contributed by atoms with Crippen LogP contribution in [0.5, 0.6) is 11.5 Å². The van der Waals surface area contributed by atoms with Crippen molar-refractivity contribution in [1.82, 2.24) is 0 Å². The number of esters is 1. The fraction of sp³-hybridized carbons (Fsp3) is 0.391. The standard InChI is InChI=1S/C23H24F3NO5/c1-30-19-11-17(18(12-20(19)31-2)27-21(28)15-5-3-4-6-15)22(29)32-13-14-7-9-16(10-8-14)23(24,25)26/h7-12,15H,3-6,13H2,1-2H3,(H,27,28).